The topological polar surface area (TPSA) is 62.7 Å². The zero-order valence-corrected chi connectivity index (χ0v) is 39.3. The van der Waals surface area contributed by atoms with Crippen molar-refractivity contribution in [2.24, 2.45) is 0 Å². The first kappa shape index (κ1) is 43.2. The molecular weight excluding hydrogens is 873 g/mol. The summed E-state index contributed by atoms with van der Waals surface area (Å²) in [5.41, 5.74) is 9.76. The van der Waals surface area contributed by atoms with Crippen molar-refractivity contribution in [1.82, 2.24) is 9.97 Å². The first-order valence-corrected chi connectivity index (χ1v) is 23.8. The highest BCUT2D eigenvalue weighted by Gasteiger charge is 2.47. The molecule has 0 saturated heterocycles. The van der Waals surface area contributed by atoms with Crippen LogP contribution in [-0.2, 0) is 17.3 Å². The third-order valence-electron chi connectivity index (χ3n) is 14.0. The van der Waals surface area contributed by atoms with Gasteiger partial charge in [0.05, 0.1) is 23.2 Å². The highest BCUT2D eigenvalue weighted by molar-refractivity contribution is 5.87. The fourth-order valence-corrected chi connectivity index (χ4v) is 10.8. The number of hydrogen-bond donors (Lipinski definition) is 0. The van der Waals surface area contributed by atoms with E-state index < -0.39 is 10.8 Å². The van der Waals surface area contributed by atoms with E-state index >= 15 is 0 Å². The average molecular weight is 919 g/mol. The predicted octanol–water partition coefficient (Wildman–Crippen LogP) is 14.2. The summed E-state index contributed by atoms with van der Waals surface area (Å²) >= 11 is 0. The van der Waals surface area contributed by atoms with Gasteiger partial charge in [0, 0.05) is 34.6 Å². The van der Waals surface area contributed by atoms with Gasteiger partial charge in [-0.25, -0.2) is 0 Å². The molecule has 2 aromatic heterocycles. The smallest absolute Gasteiger partial charge is 0.150 e. The molecule has 12 rings (SSSR count). The minimum Gasteiger partial charge on any atom is -0.481 e. The van der Waals surface area contributed by atoms with Crippen LogP contribution in [0.5, 0.6) is 34.5 Å². The fraction of sp³-hybridized carbons (Fsp3) is 0.108. The Morgan fingerprint density at radius 2 is 0.803 bits per heavy atom. The lowest BCUT2D eigenvalue weighted by Gasteiger charge is -2.41. The number of para-hydroxylation sites is 2. The number of hydrogen-bond acceptors (Lipinski definition) is 6. The van der Waals surface area contributed by atoms with Crippen LogP contribution in [0.25, 0.3) is 21.5 Å². The third-order valence-corrected chi connectivity index (χ3v) is 14.0. The van der Waals surface area contributed by atoms with E-state index in [4.69, 9.17) is 18.9 Å². The summed E-state index contributed by atoms with van der Waals surface area (Å²) in [6, 6.07) is 65.1. The minimum absolute atomic E-state index is 0.353. The summed E-state index contributed by atoms with van der Waals surface area (Å²) in [5.74, 6) is 16.5. The van der Waals surface area contributed by atoms with Crippen LogP contribution in [0.4, 0.5) is 0 Å². The summed E-state index contributed by atoms with van der Waals surface area (Å²) in [6.07, 6.45) is 8.13. The van der Waals surface area contributed by atoms with Crippen LogP contribution in [0.3, 0.4) is 0 Å². The van der Waals surface area contributed by atoms with Gasteiger partial charge in [-0.2, -0.15) is 0 Å². The van der Waals surface area contributed by atoms with Crippen LogP contribution >= 0.6 is 0 Å². The predicted molar refractivity (Wildman–Crippen MR) is 281 cm³/mol. The largest absolute Gasteiger partial charge is 0.481 e. The molecule has 6 nitrogen and oxygen atoms in total. The van der Waals surface area contributed by atoms with Crippen molar-refractivity contribution in [3.05, 3.63) is 262 Å². The average Bonchev–Trinajstić information content (AvgIpc) is 3.42. The Bertz CT molecular complexity index is 3460. The molecule has 0 bridgehead atoms. The molecule has 2 aliphatic heterocycles. The Balaban J connectivity index is 0.928. The molecule has 0 spiro atoms. The fourth-order valence-electron chi connectivity index (χ4n) is 10.8. The quantitative estimate of drug-likeness (QED) is 0.127. The molecule has 0 aliphatic carbocycles. The number of benzene rings is 8. The maximum Gasteiger partial charge on any atom is 0.150 e. The maximum absolute atomic E-state index is 6.59. The molecule has 2 aliphatic rings. The van der Waals surface area contributed by atoms with E-state index in [1.54, 1.807) is 0 Å². The Kier molecular flexibility index (Phi) is 11.0. The number of rotatable bonds is 10. The molecule has 0 radical (unpaired) electrons. The lowest BCUT2D eigenvalue weighted by molar-refractivity contribution is 0.370. The van der Waals surface area contributed by atoms with Crippen molar-refractivity contribution in [2.75, 3.05) is 13.2 Å². The van der Waals surface area contributed by atoms with Crippen LogP contribution < -0.4 is 18.9 Å². The lowest BCUT2D eigenvalue weighted by atomic mass is 9.63. The first-order valence-electron chi connectivity index (χ1n) is 23.8. The van der Waals surface area contributed by atoms with Crippen molar-refractivity contribution in [1.29, 1.82) is 0 Å². The third kappa shape index (κ3) is 7.41. The molecule has 0 saturated carbocycles. The van der Waals surface area contributed by atoms with Crippen LogP contribution in [0.1, 0.15) is 69.5 Å². The summed E-state index contributed by atoms with van der Waals surface area (Å²) in [5, 5.41) is 4.40. The highest BCUT2D eigenvalue weighted by atomic mass is 16.5. The van der Waals surface area contributed by atoms with Crippen molar-refractivity contribution < 1.29 is 18.9 Å². The molecule has 10 aromatic rings. The molecule has 340 valence electrons. The number of pyridine rings is 2. The Labute approximate surface area is 413 Å². The molecule has 2 atom stereocenters. The lowest BCUT2D eigenvalue weighted by Crippen LogP contribution is -2.34. The van der Waals surface area contributed by atoms with E-state index in [0.717, 1.165) is 107 Å². The van der Waals surface area contributed by atoms with E-state index in [0.29, 0.717) is 13.2 Å². The standard InChI is InChI=1S/C65H46N2O4/c1-3-5-35-68-54-29-21-46-38-52(27-19-48(46)40-54)64(56-11-7-9-13-60(56)70-62-42-66-33-31-58(62)64)50-23-15-44(16-24-50)37-45-17-25-51(26-18-45)65(57-12-8-10-14-61(57)71-63-43-67-34-32-59(63)65)53-28-20-49-41-55(69-36-6-4-2)30-22-47(49)39-53/h7-34,38-43H,35-37H2,1-2H3. The molecule has 4 heterocycles. The number of aromatic nitrogens is 2. The molecular formula is C65H46N2O4. The summed E-state index contributed by atoms with van der Waals surface area (Å²) in [7, 11) is 0. The number of nitrogens with zero attached hydrogens (tertiary/aromatic N) is 2. The van der Waals surface area contributed by atoms with Crippen LogP contribution in [0, 0.1) is 23.7 Å². The zero-order valence-electron chi connectivity index (χ0n) is 39.3. The minimum atomic E-state index is -0.698. The summed E-state index contributed by atoms with van der Waals surface area (Å²) in [6.45, 7) is 4.35. The van der Waals surface area contributed by atoms with Crippen LogP contribution in [-0.4, -0.2) is 23.2 Å². The molecule has 6 heteroatoms. The van der Waals surface area contributed by atoms with E-state index in [2.05, 4.69) is 191 Å². The second-order valence-electron chi connectivity index (χ2n) is 17.9. The molecule has 0 fully saturated rings. The van der Waals surface area contributed by atoms with Gasteiger partial charge in [0.2, 0.25) is 0 Å². The van der Waals surface area contributed by atoms with E-state index in [1.807, 2.05) is 62.9 Å². The second kappa shape index (κ2) is 18.1. The second-order valence-corrected chi connectivity index (χ2v) is 17.9. The molecule has 0 N–H and O–H groups in total. The zero-order chi connectivity index (χ0) is 47.8. The van der Waals surface area contributed by atoms with E-state index in [9.17, 15) is 0 Å². The van der Waals surface area contributed by atoms with Gasteiger partial charge in [-0.3, -0.25) is 9.97 Å². The van der Waals surface area contributed by atoms with Gasteiger partial charge in [0.15, 0.2) is 11.5 Å². The molecule has 2 unspecified atom stereocenters. The van der Waals surface area contributed by atoms with Gasteiger partial charge in [0.25, 0.3) is 0 Å². The maximum atomic E-state index is 6.59. The van der Waals surface area contributed by atoms with Crippen LogP contribution in [0.2, 0.25) is 0 Å². The van der Waals surface area contributed by atoms with Crippen molar-refractivity contribution >= 4 is 21.5 Å². The van der Waals surface area contributed by atoms with Crippen molar-refractivity contribution in [3.63, 3.8) is 0 Å². The van der Waals surface area contributed by atoms with E-state index in [-0.39, 0.29) is 0 Å². The van der Waals surface area contributed by atoms with Crippen molar-refractivity contribution in [2.45, 2.75) is 31.1 Å². The van der Waals surface area contributed by atoms with Gasteiger partial charge in [-0.1, -0.05) is 133 Å². The van der Waals surface area contributed by atoms with Crippen LogP contribution in [0.15, 0.2) is 207 Å². The summed E-state index contributed by atoms with van der Waals surface area (Å²) in [4.78, 5) is 9.03. The molecule has 0 amide bonds. The summed E-state index contributed by atoms with van der Waals surface area (Å²) < 4.78 is 25.0. The van der Waals surface area contributed by atoms with Gasteiger partial charge in [0.1, 0.15) is 36.2 Å². The molecule has 71 heavy (non-hydrogen) atoms. The Morgan fingerprint density at radius 1 is 0.408 bits per heavy atom. The highest BCUT2D eigenvalue weighted by Crippen LogP contribution is 2.57. The number of fused-ring (bicyclic) bond motifs is 6. The van der Waals surface area contributed by atoms with Gasteiger partial charge in [-0.05, 0) is 136 Å². The number of ether oxygens (including phenoxy) is 4. The monoisotopic (exact) mass is 918 g/mol. The van der Waals surface area contributed by atoms with Gasteiger partial charge >= 0.3 is 0 Å². The SMILES string of the molecule is CC#CCOc1ccc2cc(C3(c4ccc(Cc5ccc(C6(c7ccc8cc(OCC#CC)ccc8c7)c7ccccc7Oc7cnccc76)cc5)cc4)c4ccccc4Oc4cnccc43)ccc2c1. The Hall–Kier alpha value is -9.10. The Morgan fingerprint density at radius 3 is 1.25 bits per heavy atom. The normalized spacial score (nSPS) is 16.0. The first-order chi connectivity index (χ1) is 35.1. The van der Waals surface area contributed by atoms with Gasteiger partial charge in [-0.15, -0.1) is 11.8 Å². The van der Waals surface area contributed by atoms with Crippen molar-refractivity contribution in [3.8, 4) is 58.2 Å². The van der Waals surface area contributed by atoms with Gasteiger partial charge < -0.3 is 18.9 Å². The molecule has 8 aromatic carbocycles. The van der Waals surface area contributed by atoms with E-state index in [1.165, 1.54) is 11.1 Å².